The minimum Gasteiger partial charge on any atom is -0.465 e. The van der Waals surface area contributed by atoms with Gasteiger partial charge in [0.1, 0.15) is 9.77 Å². The van der Waals surface area contributed by atoms with Crippen molar-refractivity contribution in [2.24, 2.45) is 0 Å². The maximum Gasteiger partial charge on any atom is 0.349 e. The number of hydrogen-bond acceptors (Lipinski definition) is 7. The number of benzene rings is 1. The number of nitrogens with one attached hydrogen (secondary N) is 2. The number of anilines is 1. The van der Waals surface area contributed by atoms with Gasteiger partial charge in [0.2, 0.25) is 5.91 Å². The van der Waals surface area contributed by atoms with Crippen LogP contribution in [0.2, 0.25) is 0 Å². The van der Waals surface area contributed by atoms with Crippen molar-refractivity contribution in [2.75, 3.05) is 18.4 Å². The number of amides is 1. The number of esters is 1. The van der Waals surface area contributed by atoms with Gasteiger partial charge in [0.15, 0.2) is 0 Å². The molecule has 1 amide bonds. The molecule has 0 bridgehead atoms. The van der Waals surface area contributed by atoms with Crippen LogP contribution in [-0.4, -0.2) is 44.7 Å². The molecule has 3 N–H and O–H groups in total. The van der Waals surface area contributed by atoms with E-state index in [2.05, 4.69) is 14.8 Å². The molecule has 0 saturated heterocycles. The van der Waals surface area contributed by atoms with Crippen LogP contribution in [0, 0.1) is 0 Å². The molecule has 0 atom stereocenters. The Balaban J connectivity index is 2.09. The summed E-state index contributed by atoms with van der Waals surface area (Å²) in [6, 6.07) is 7.64. The number of hydrogen-bond donors (Lipinski definition) is 3. The summed E-state index contributed by atoms with van der Waals surface area (Å²) in [6.07, 6.45) is 0.0908. The van der Waals surface area contributed by atoms with E-state index < -0.39 is 21.5 Å². The van der Waals surface area contributed by atoms with Crippen LogP contribution in [0.1, 0.15) is 29.1 Å². The first-order chi connectivity index (χ1) is 13.1. The Morgan fingerprint density at radius 3 is 2.39 bits per heavy atom. The zero-order valence-corrected chi connectivity index (χ0v) is 17.3. The zero-order valence-electron chi connectivity index (χ0n) is 15.7. The summed E-state index contributed by atoms with van der Waals surface area (Å²) in [5.41, 5.74) is 0.256. The van der Waals surface area contributed by atoms with Gasteiger partial charge in [-0.15, -0.1) is 11.3 Å². The van der Waals surface area contributed by atoms with Crippen molar-refractivity contribution in [3.8, 4) is 0 Å². The van der Waals surface area contributed by atoms with Crippen molar-refractivity contribution in [3.63, 3.8) is 0 Å². The summed E-state index contributed by atoms with van der Waals surface area (Å²) in [7, 11) is -2.78. The molecule has 1 aromatic heterocycles. The molecule has 0 spiro atoms. The molecule has 0 fully saturated rings. The van der Waals surface area contributed by atoms with Crippen molar-refractivity contribution in [1.82, 2.24) is 5.32 Å². The molecule has 0 aliphatic rings. The van der Waals surface area contributed by atoms with E-state index in [1.165, 1.54) is 30.7 Å². The zero-order chi connectivity index (χ0) is 20.9. The van der Waals surface area contributed by atoms with Crippen LogP contribution >= 0.6 is 11.3 Å². The van der Waals surface area contributed by atoms with Crippen LogP contribution in [0.3, 0.4) is 0 Å². The fourth-order valence-corrected chi connectivity index (χ4v) is 4.69. The summed E-state index contributed by atoms with van der Waals surface area (Å²) in [4.78, 5) is 23.6. The molecule has 8 nitrogen and oxygen atoms in total. The third kappa shape index (κ3) is 5.54. The molecule has 1 aromatic carbocycles. The molecule has 28 heavy (non-hydrogen) atoms. The van der Waals surface area contributed by atoms with Gasteiger partial charge < -0.3 is 15.2 Å². The number of carbonyl (C=O) groups is 2. The number of rotatable bonds is 8. The number of thiophene rings is 1. The van der Waals surface area contributed by atoms with Crippen molar-refractivity contribution < 1.29 is 27.9 Å². The topological polar surface area (TPSA) is 122 Å². The van der Waals surface area contributed by atoms with Gasteiger partial charge in [0, 0.05) is 5.69 Å². The number of ether oxygens (including phenoxy) is 1. The van der Waals surface area contributed by atoms with Gasteiger partial charge in [-0.3, -0.25) is 9.52 Å². The minimum absolute atomic E-state index is 0.00482. The molecule has 1 heterocycles. The Labute approximate surface area is 167 Å². The highest BCUT2D eigenvalue weighted by Crippen LogP contribution is 2.25. The van der Waals surface area contributed by atoms with Crippen LogP contribution in [0.15, 0.2) is 40.6 Å². The molecule has 0 unspecified atom stereocenters. The van der Waals surface area contributed by atoms with E-state index in [1.807, 2.05) is 0 Å². The Morgan fingerprint density at radius 1 is 1.18 bits per heavy atom. The smallest absolute Gasteiger partial charge is 0.349 e. The minimum atomic E-state index is -3.97. The van der Waals surface area contributed by atoms with E-state index in [0.717, 1.165) is 11.3 Å². The first kappa shape index (κ1) is 21.9. The van der Waals surface area contributed by atoms with Gasteiger partial charge in [0.25, 0.3) is 10.0 Å². The third-order valence-corrected chi connectivity index (χ3v) is 6.18. The molecule has 10 heteroatoms. The first-order valence-electron chi connectivity index (χ1n) is 8.27. The largest absolute Gasteiger partial charge is 0.465 e. The van der Waals surface area contributed by atoms with E-state index in [-0.39, 0.29) is 28.7 Å². The number of aliphatic hydroxyl groups excluding tert-OH is 1. The average Bonchev–Trinajstić information content (AvgIpc) is 3.13. The van der Waals surface area contributed by atoms with Crippen LogP contribution < -0.4 is 10.0 Å². The lowest BCUT2D eigenvalue weighted by Crippen LogP contribution is -2.46. The Morgan fingerprint density at radius 2 is 1.82 bits per heavy atom. The van der Waals surface area contributed by atoms with Crippen LogP contribution in [0.4, 0.5) is 5.69 Å². The van der Waals surface area contributed by atoms with Crippen molar-refractivity contribution >= 4 is 38.9 Å². The summed E-state index contributed by atoms with van der Waals surface area (Å²) in [5.74, 6) is -0.976. The molecule has 0 aliphatic carbocycles. The lowest BCUT2D eigenvalue weighted by molar-refractivity contribution is -0.122. The molecular formula is C18H22N2O6S2. The molecule has 2 rings (SSSR count). The van der Waals surface area contributed by atoms with E-state index in [4.69, 9.17) is 0 Å². The second-order valence-corrected chi connectivity index (χ2v) is 9.24. The van der Waals surface area contributed by atoms with E-state index in [9.17, 15) is 23.1 Å². The van der Waals surface area contributed by atoms with Gasteiger partial charge in [0.05, 0.1) is 25.7 Å². The highest BCUT2D eigenvalue weighted by molar-refractivity contribution is 7.93. The fourth-order valence-electron chi connectivity index (χ4n) is 2.30. The van der Waals surface area contributed by atoms with Gasteiger partial charge in [-0.05, 0) is 43.0 Å². The van der Waals surface area contributed by atoms with Crippen molar-refractivity contribution in [2.45, 2.75) is 30.7 Å². The Bertz CT molecular complexity index is 949. The van der Waals surface area contributed by atoms with Crippen molar-refractivity contribution in [1.29, 1.82) is 0 Å². The number of methoxy groups -OCH3 is 1. The van der Waals surface area contributed by atoms with Gasteiger partial charge in [-0.2, -0.15) is 0 Å². The van der Waals surface area contributed by atoms with Gasteiger partial charge >= 0.3 is 5.97 Å². The standard InChI is InChI=1S/C18H22N2O6S2/c1-18(2,11-21)19-15(22)10-12-4-6-13(7-5-12)20-28(24,25)14-8-9-27-16(14)17(23)26-3/h4-9,20-21H,10-11H2,1-3H3,(H,19,22). The lowest BCUT2D eigenvalue weighted by Gasteiger charge is -2.23. The van der Waals surface area contributed by atoms with E-state index >= 15 is 0 Å². The van der Waals surface area contributed by atoms with Crippen LogP contribution in [0.25, 0.3) is 0 Å². The third-order valence-electron chi connectivity index (χ3n) is 3.73. The quantitative estimate of drug-likeness (QED) is 0.553. The average molecular weight is 427 g/mol. The normalized spacial score (nSPS) is 11.7. The highest BCUT2D eigenvalue weighted by Gasteiger charge is 2.25. The van der Waals surface area contributed by atoms with Crippen LogP contribution in [0.5, 0.6) is 0 Å². The number of aliphatic hydroxyl groups is 1. The lowest BCUT2D eigenvalue weighted by atomic mass is 10.1. The monoisotopic (exact) mass is 426 g/mol. The Hall–Kier alpha value is -2.43. The SMILES string of the molecule is COC(=O)c1sccc1S(=O)(=O)Nc1ccc(CC(=O)NC(C)(C)CO)cc1. The fraction of sp³-hybridized carbons (Fsp3) is 0.333. The van der Waals surface area contributed by atoms with Crippen LogP contribution in [-0.2, 0) is 26.0 Å². The summed E-state index contributed by atoms with van der Waals surface area (Å²) in [5, 5.41) is 13.4. The second-order valence-electron chi connectivity index (χ2n) is 6.67. The molecule has 0 saturated carbocycles. The van der Waals surface area contributed by atoms with Crippen molar-refractivity contribution in [3.05, 3.63) is 46.2 Å². The summed E-state index contributed by atoms with van der Waals surface area (Å²) in [6.45, 7) is 3.22. The highest BCUT2D eigenvalue weighted by atomic mass is 32.2. The number of carbonyl (C=O) groups excluding carboxylic acids is 2. The molecular weight excluding hydrogens is 404 g/mol. The molecule has 2 aromatic rings. The number of sulfonamides is 1. The molecule has 0 aliphatic heterocycles. The first-order valence-corrected chi connectivity index (χ1v) is 10.6. The predicted octanol–water partition coefficient (Wildman–Crippen LogP) is 1.77. The molecule has 0 radical (unpaired) electrons. The maximum absolute atomic E-state index is 12.6. The summed E-state index contributed by atoms with van der Waals surface area (Å²) < 4.78 is 32.1. The maximum atomic E-state index is 12.6. The van der Waals surface area contributed by atoms with Gasteiger partial charge in [-0.1, -0.05) is 12.1 Å². The molecule has 152 valence electrons. The van der Waals surface area contributed by atoms with Gasteiger partial charge in [-0.25, -0.2) is 13.2 Å². The van der Waals surface area contributed by atoms with E-state index in [1.54, 1.807) is 26.0 Å². The van der Waals surface area contributed by atoms with E-state index in [0.29, 0.717) is 11.3 Å². The Kier molecular flexibility index (Phi) is 6.81. The second kappa shape index (κ2) is 8.72. The summed E-state index contributed by atoms with van der Waals surface area (Å²) >= 11 is 0.979. The predicted molar refractivity (Wildman–Crippen MR) is 106 cm³/mol.